The van der Waals surface area contributed by atoms with Gasteiger partial charge in [-0.15, -0.1) is 0 Å². The van der Waals surface area contributed by atoms with Crippen LogP contribution in [0.2, 0.25) is 0 Å². The normalized spacial score (nSPS) is 9.43. The van der Waals surface area contributed by atoms with Crippen molar-refractivity contribution in [2.24, 2.45) is 0 Å². The summed E-state index contributed by atoms with van der Waals surface area (Å²) in [6.45, 7) is 2.09. The standard InChI is InChI=1S/C17H15FN2O/c1-13-6-4-9-15(12-13)20-17(21)19-11-5-8-14-7-2-3-10-16(14)18/h2-4,6-7,9-10,12H,11H2,1H3,(H2,19,20,21). The summed E-state index contributed by atoms with van der Waals surface area (Å²) in [5, 5.41) is 5.30. The number of nitrogens with one attached hydrogen (secondary N) is 2. The average Bonchev–Trinajstić information content (AvgIpc) is 2.45. The van der Waals surface area contributed by atoms with Gasteiger partial charge in [0, 0.05) is 5.69 Å². The highest BCUT2D eigenvalue weighted by atomic mass is 19.1. The molecule has 3 nitrogen and oxygen atoms in total. The Kier molecular flexibility index (Phi) is 4.94. The third-order valence-electron chi connectivity index (χ3n) is 2.71. The Balaban J connectivity index is 1.84. The summed E-state index contributed by atoms with van der Waals surface area (Å²) < 4.78 is 13.3. The van der Waals surface area contributed by atoms with E-state index in [9.17, 15) is 9.18 Å². The molecular weight excluding hydrogens is 267 g/mol. The molecule has 0 spiro atoms. The fraction of sp³-hybridized carbons (Fsp3) is 0.118. The van der Waals surface area contributed by atoms with E-state index in [1.807, 2.05) is 25.1 Å². The molecule has 2 aromatic carbocycles. The largest absolute Gasteiger partial charge is 0.327 e. The lowest BCUT2D eigenvalue weighted by Gasteiger charge is -2.05. The number of carbonyl (C=O) groups excluding carboxylic acids is 1. The van der Waals surface area contributed by atoms with Gasteiger partial charge in [-0.1, -0.05) is 36.1 Å². The average molecular weight is 282 g/mol. The van der Waals surface area contributed by atoms with E-state index in [0.717, 1.165) is 11.3 Å². The molecule has 0 fully saturated rings. The zero-order valence-electron chi connectivity index (χ0n) is 11.6. The number of carbonyl (C=O) groups is 1. The van der Waals surface area contributed by atoms with E-state index in [-0.39, 0.29) is 18.4 Å². The van der Waals surface area contributed by atoms with Crippen LogP contribution in [-0.4, -0.2) is 12.6 Å². The van der Waals surface area contributed by atoms with Crippen LogP contribution in [0.3, 0.4) is 0 Å². The fourth-order valence-corrected chi connectivity index (χ4v) is 1.72. The molecule has 0 saturated carbocycles. The van der Waals surface area contributed by atoms with Crippen molar-refractivity contribution < 1.29 is 9.18 Å². The lowest BCUT2D eigenvalue weighted by atomic mass is 10.2. The molecular formula is C17H15FN2O. The zero-order valence-corrected chi connectivity index (χ0v) is 11.6. The first-order valence-corrected chi connectivity index (χ1v) is 6.50. The van der Waals surface area contributed by atoms with Crippen molar-refractivity contribution in [3.05, 3.63) is 65.5 Å². The molecule has 2 rings (SSSR count). The van der Waals surface area contributed by atoms with Gasteiger partial charge in [0.05, 0.1) is 12.1 Å². The van der Waals surface area contributed by atoms with Gasteiger partial charge in [-0.05, 0) is 36.8 Å². The summed E-state index contributed by atoms with van der Waals surface area (Å²) in [4.78, 5) is 11.6. The number of hydrogen-bond donors (Lipinski definition) is 2. The SMILES string of the molecule is Cc1cccc(NC(=O)NCC#Cc2ccccc2F)c1. The van der Waals surface area contributed by atoms with Crippen molar-refractivity contribution in [3.63, 3.8) is 0 Å². The van der Waals surface area contributed by atoms with Gasteiger partial charge < -0.3 is 10.6 Å². The van der Waals surface area contributed by atoms with Gasteiger partial charge in [0.25, 0.3) is 0 Å². The summed E-state index contributed by atoms with van der Waals surface area (Å²) in [5.74, 6) is 5.02. The van der Waals surface area contributed by atoms with Crippen LogP contribution in [0.25, 0.3) is 0 Å². The molecule has 0 aromatic heterocycles. The molecule has 0 aliphatic rings. The summed E-state index contributed by atoms with van der Waals surface area (Å²) in [6.07, 6.45) is 0. The topological polar surface area (TPSA) is 41.1 Å². The van der Waals surface area contributed by atoms with Crippen LogP contribution in [0.15, 0.2) is 48.5 Å². The van der Waals surface area contributed by atoms with E-state index in [1.165, 1.54) is 6.07 Å². The van der Waals surface area contributed by atoms with Gasteiger partial charge in [-0.3, -0.25) is 0 Å². The molecule has 0 bridgehead atoms. The number of amides is 2. The molecule has 0 saturated heterocycles. The van der Waals surface area contributed by atoms with Gasteiger partial charge in [0.2, 0.25) is 0 Å². The highest BCUT2D eigenvalue weighted by Crippen LogP contribution is 2.08. The minimum absolute atomic E-state index is 0.145. The summed E-state index contributed by atoms with van der Waals surface area (Å²) in [6, 6.07) is 13.4. The Labute approximate surface area is 123 Å². The number of aryl methyl sites for hydroxylation is 1. The quantitative estimate of drug-likeness (QED) is 0.815. The van der Waals surface area contributed by atoms with Crippen LogP contribution in [0.5, 0.6) is 0 Å². The number of rotatable bonds is 2. The van der Waals surface area contributed by atoms with E-state index in [4.69, 9.17) is 0 Å². The van der Waals surface area contributed by atoms with Crippen LogP contribution < -0.4 is 10.6 Å². The van der Waals surface area contributed by atoms with Gasteiger partial charge >= 0.3 is 6.03 Å². The van der Waals surface area contributed by atoms with Crippen LogP contribution in [0, 0.1) is 24.6 Å². The summed E-state index contributed by atoms with van der Waals surface area (Å²) in [7, 11) is 0. The first-order chi connectivity index (χ1) is 10.1. The van der Waals surface area contributed by atoms with Crippen LogP contribution in [0.4, 0.5) is 14.9 Å². The summed E-state index contributed by atoms with van der Waals surface area (Å²) >= 11 is 0. The first kappa shape index (κ1) is 14.6. The summed E-state index contributed by atoms with van der Waals surface area (Å²) in [5.41, 5.74) is 2.10. The zero-order chi connectivity index (χ0) is 15.1. The van der Waals surface area contributed by atoms with E-state index >= 15 is 0 Å². The van der Waals surface area contributed by atoms with Crippen LogP contribution in [-0.2, 0) is 0 Å². The maximum absolute atomic E-state index is 13.3. The molecule has 106 valence electrons. The Bertz CT molecular complexity index is 701. The van der Waals surface area contributed by atoms with Crippen molar-refractivity contribution in [2.75, 3.05) is 11.9 Å². The van der Waals surface area contributed by atoms with E-state index in [0.29, 0.717) is 5.56 Å². The second kappa shape index (κ2) is 7.11. The molecule has 0 atom stereocenters. The Morgan fingerprint density at radius 1 is 1.19 bits per heavy atom. The van der Waals surface area contributed by atoms with Crippen LogP contribution >= 0.6 is 0 Å². The third kappa shape index (κ3) is 4.66. The van der Waals surface area contributed by atoms with Gasteiger partial charge in [-0.25, -0.2) is 9.18 Å². The van der Waals surface area contributed by atoms with E-state index in [2.05, 4.69) is 22.5 Å². The molecule has 0 aliphatic heterocycles. The Hall–Kier alpha value is -2.80. The highest BCUT2D eigenvalue weighted by molar-refractivity contribution is 5.89. The maximum Gasteiger partial charge on any atom is 0.319 e. The predicted octanol–water partition coefficient (Wildman–Crippen LogP) is 3.31. The minimum Gasteiger partial charge on any atom is -0.327 e. The van der Waals surface area contributed by atoms with Crippen molar-refractivity contribution in [3.8, 4) is 11.8 Å². The van der Waals surface area contributed by atoms with E-state index < -0.39 is 0 Å². The minimum atomic E-state index is -0.366. The molecule has 0 heterocycles. The fourth-order valence-electron chi connectivity index (χ4n) is 1.72. The molecule has 2 amide bonds. The number of halogens is 1. The first-order valence-electron chi connectivity index (χ1n) is 6.50. The van der Waals surface area contributed by atoms with Gasteiger partial charge in [-0.2, -0.15) is 0 Å². The van der Waals surface area contributed by atoms with Crippen LogP contribution in [0.1, 0.15) is 11.1 Å². The second-order valence-corrected chi connectivity index (χ2v) is 4.46. The number of benzene rings is 2. The molecule has 2 aromatic rings. The smallest absolute Gasteiger partial charge is 0.319 e. The monoisotopic (exact) mass is 282 g/mol. The maximum atomic E-state index is 13.3. The van der Waals surface area contributed by atoms with Gasteiger partial charge in [0.1, 0.15) is 5.82 Å². The molecule has 2 N–H and O–H groups in total. The highest BCUT2D eigenvalue weighted by Gasteiger charge is 1.99. The number of anilines is 1. The lowest BCUT2D eigenvalue weighted by Crippen LogP contribution is -2.28. The van der Waals surface area contributed by atoms with E-state index in [1.54, 1.807) is 24.3 Å². The van der Waals surface area contributed by atoms with Crippen molar-refractivity contribution in [1.82, 2.24) is 5.32 Å². The van der Waals surface area contributed by atoms with Crippen molar-refractivity contribution in [2.45, 2.75) is 6.92 Å². The second-order valence-electron chi connectivity index (χ2n) is 4.46. The van der Waals surface area contributed by atoms with Gasteiger partial charge in [0.15, 0.2) is 0 Å². The molecule has 0 radical (unpaired) electrons. The molecule has 21 heavy (non-hydrogen) atoms. The predicted molar refractivity (Wildman–Crippen MR) is 81.5 cm³/mol. The molecule has 0 aliphatic carbocycles. The molecule has 4 heteroatoms. The Morgan fingerprint density at radius 3 is 2.76 bits per heavy atom. The number of hydrogen-bond acceptors (Lipinski definition) is 1. The third-order valence-corrected chi connectivity index (χ3v) is 2.71. The number of urea groups is 1. The lowest BCUT2D eigenvalue weighted by molar-refractivity contribution is 0.253. The molecule has 0 unspecified atom stereocenters. The van der Waals surface area contributed by atoms with Crippen molar-refractivity contribution in [1.29, 1.82) is 0 Å². The van der Waals surface area contributed by atoms with Crippen molar-refractivity contribution >= 4 is 11.7 Å². The Morgan fingerprint density at radius 2 is 2.00 bits per heavy atom.